The summed E-state index contributed by atoms with van der Waals surface area (Å²) >= 11 is 5.13. The molecule has 20 heavy (non-hydrogen) atoms. The first-order valence-corrected chi connectivity index (χ1v) is 8.40. The number of hydrogen-bond acceptors (Lipinski definition) is 3. The fourth-order valence-corrected chi connectivity index (χ4v) is 3.18. The van der Waals surface area contributed by atoms with Gasteiger partial charge < -0.3 is 10.6 Å². The molecule has 2 rings (SSSR count). The highest BCUT2D eigenvalue weighted by molar-refractivity contribution is 9.10. The molecule has 0 spiro atoms. The Hall–Kier alpha value is -0.230. The second-order valence-corrected chi connectivity index (χ2v) is 6.75. The molecule has 1 aromatic rings. The summed E-state index contributed by atoms with van der Waals surface area (Å²) in [5.41, 5.74) is 0. The molecule has 1 aromatic carbocycles. The minimum atomic E-state index is 0. The standard InChI is InChI=1S/C14H19BrN2OS.ClH/c15-11-3-5-13(6-4-11)19-9-7-14(18)17-12-2-1-8-16-10-12;/h3-6,12,16H,1-2,7-10H2,(H,17,18);1H/t12-;/m0./s1. The van der Waals surface area contributed by atoms with Gasteiger partial charge >= 0.3 is 0 Å². The molecule has 1 fully saturated rings. The minimum absolute atomic E-state index is 0. The van der Waals surface area contributed by atoms with E-state index in [2.05, 4.69) is 38.7 Å². The zero-order valence-corrected chi connectivity index (χ0v) is 14.5. The molecule has 1 aliphatic rings. The van der Waals surface area contributed by atoms with Crippen LogP contribution in [0.3, 0.4) is 0 Å². The molecule has 0 unspecified atom stereocenters. The van der Waals surface area contributed by atoms with Crippen LogP contribution in [0.5, 0.6) is 0 Å². The van der Waals surface area contributed by atoms with Crippen molar-refractivity contribution in [3.8, 4) is 0 Å². The molecule has 2 N–H and O–H groups in total. The first-order chi connectivity index (χ1) is 9.24. The van der Waals surface area contributed by atoms with Gasteiger partial charge in [0.2, 0.25) is 5.91 Å². The van der Waals surface area contributed by atoms with Crippen molar-refractivity contribution in [2.45, 2.75) is 30.2 Å². The Morgan fingerprint density at radius 2 is 2.15 bits per heavy atom. The third-order valence-electron chi connectivity index (χ3n) is 3.07. The Labute approximate surface area is 139 Å². The number of piperidine rings is 1. The molecule has 1 aliphatic heterocycles. The zero-order valence-electron chi connectivity index (χ0n) is 11.2. The van der Waals surface area contributed by atoms with Gasteiger partial charge in [-0.15, -0.1) is 24.2 Å². The number of amides is 1. The molecule has 0 bridgehead atoms. The van der Waals surface area contributed by atoms with Gasteiger partial charge in [-0.1, -0.05) is 15.9 Å². The number of hydrogen-bond donors (Lipinski definition) is 2. The van der Waals surface area contributed by atoms with Crippen LogP contribution in [0.2, 0.25) is 0 Å². The Balaban J connectivity index is 0.00000200. The number of benzene rings is 1. The second-order valence-electron chi connectivity index (χ2n) is 4.66. The summed E-state index contributed by atoms with van der Waals surface area (Å²) in [6.45, 7) is 1.98. The predicted molar refractivity (Wildman–Crippen MR) is 90.8 cm³/mol. The lowest BCUT2D eigenvalue weighted by atomic mass is 10.1. The van der Waals surface area contributed by atoms with E-state index in [4.69, 9.17) is 0 Å². The topological polar surface area (TPSA) is 41.1 Å². The Morgan fingerprint density at radius 3 is 2.80 bits per heavy atom. The molecular weight excluding hydrogens is 360 g/mol. The molecular formula is C14H20BrClN2OS. The van der Waals surface area contributed by atoms with Gasteiger partial charge in [-0.25, -0.2) is 0 Å². The summed E-state index contributed by atoms with van der Waals surface area (Å²) in [7, 11) is 0. The van der Waals surface area contributed by atoms with Crippen molar-refractivity contribution in [3.63, 3.8) is 0 Å². The lowest BCUT2D eigenvalue weighted by Crippen LogP contribution is -2.45. The summed E-state index contributed by atoms with van der Waals surface area (Å²) in [5.74, 6) is 0.992. The van der Waals surface area contributed by atoms with Crippen molar-refractivity contribution in [2.75, 3.05) is 18.8 Å². The van der Waals surface area contributed by atoms with Gasteiger partial charge in [-0.05, 0) is 43.7 Å². The molecule has 3 nitrogen and oxygen atoms in total. The van der Waals surface area contributed by atoms with Crippen LogP contribution in [0.4, 0.5) is 0 Å². The highest BCUT2D eigenvalue weighted by Crippen LogP contribution is 2.21. The second kappa shape index (κ2) is 9.66. The third kappa shape index (κ3) is 6.48. The van der Waals surface area contributed by atoms with Crippen LogP contribution < -0.4 is 10.6 Å². The molecule has 1 atom stereocenters. The van der Waals surface area contributed by atoms with Crippen molar-refractivity contribution in [2.24, 2.45) is 0 Å². The average molecular weight is 380 g/mol. The first kappa shape index (κ1) is 17.8. The molecule has 0 saturated carbocycles. The molecule has 1 amide bonds. The Kier molecular flexibility index (Phi) is 8.61. The smallest absolute Gasteiger partial charge is 0.221 e. The number of rotatable bonds is 5. The summed E-state index contributed by atoms with van der Waals surface area (Å²) in [6.07, 6.45) is 2.83. The van der Waals surface area contributed by atoms with Gasteiger partial charge in [0, 0.05) is 34.1 Å². The van der Waals surface area contributed by atoms with Crippen LogP contribution in [0.1, 0.15) is 19.3 Å². The van der Waals surface area contributed by atoms with E-state index in [1.54, 1.807) is 11.8 Å². The normalized spacial score (nSPS) is 18.1. The van der Waals surface area contributed by atoms with E-state index >= 15 is 0 Å². The largest absolute Gasteiger partial charge is 0.352 e. The van der Waals surface area contributed by atoms with E-state index in [-0.39, 0.29) is 18.3 Å². The monoisotopic (exact) mass is 378 g/mol. The Bertz CT molecular complexity index is 410. The maximum Gasteiger partial charge on any atom is 0.221 e. The fraction of sp³-hybridized carbons (Fsp3) is 0.500. The Morgan fingerprint density at radius 1 is 1.40 bits per heavy atom. The number of nitrogens with one attached hydrogen (secondary N) is 2. The number of carbonyl (C=O) groups excluding carboxylic acids is 1. The summed E-state index contributed by atoms with van der Waals surface area (Å²) in [5, 5.41) is 6.40. The lowest BCUT2D eigenvalue weighted by Gasteiger charge is -2.23. The van der Waals surface area contributed by atoms with Crippen molar-refractivity contribution in [1.29, 1.82) is 0 Å². The summed E-state index contributed by atoms with van der Waals surface area (Å²) in [4.78, 5) is 13.0. The van der Waals surface area contributed by atoms with Gasteiger partial charge in [0.1, 0.15) is 0 Å². The fourth-order valence-electron chi connectivity index (χ4n) is 2.07. The van der Waals surface area contributed by atoms with E-state index < -0.39 is 0 Å². The van der Waals surface area contributed by atoms with Gasteiger partial charge in [0.25, 0.3) is 0 Å². The van der Waals surface area contributed by atoms with E-state index in [9.17, 15) is 4.79 Å². The maximum atomic E-state index is 11.8. The first-order valence-electron chi connectivity index (χ1n) is 6.62. The quantitative estimate of drug-likeness (QED) is 0.772. The van der Waals surface area contributed by atoms with E-state index in [1.807, 2.05) is 12.1 Å². The van der Waals surface area contributed by atoms with Gasteiger partial charge in [-0.2, -0.15) is 0 Å². The van der Waals surface area contributed by atoms with Gasteiger partial charge in [0.05, 0.1) is 0 Å². The zero-order chi connectivity index (χ0) is 13.5. The number of carbonyl (C=O) groups is 1. The molecule has 0 aromatic heterocycles. The van der Waals surface area contributed by atoms with E-state index in [0.29, 0.717) is 12.5 Å². The molecule has 0 radical (unpaired) electrons. The SMILES string of the molecule is Cl.O=C(CCSc1ccc(Br)cc1)N[C@H]1CCCNC1. The molecule has 1 saturated heterocycles. The highest BCUT2D eigenvalue weighted by atomic mass is 79.9. The van der Waals surface area contributed by atoms with Crippen molar-refractivity contribution in [3.05, 3.63) is 28.7 Å². The predicted octanol–water partition coefficient (Wildman–Crippen LogP) is 3.22. The van der Waals surface area contributed by atoms with Crippen LogP contribution in [0.15, 0.2) is 33.6 Å². The average Bonchev–Trinajstić information content (AvgIpc) is 2.42. The van der Waals surface area contributed by atoms with Crippen molar-refractivity contribution < 1.29 is 4.79 Å². The van der Waals surface area contributed by atoms with E-state index in [1.165, 1.54) is 4.90 Å². The van der Waals surface area contributed by atoms with Gasteiger partial charge in [-0.3, -0.25) is 4.79 Å². The third-order valence-corrected chi connectivity index (χ3v) is 4.62. The minimum Gasteiger partial charge on any atom is -0.352 e. The van der Waals surface area contributed by atoms with Crippen LogP contribution in [-0.4, -0.2) is 30.8 Å². The summed E-state index contributed by atoms with van der Waals surface area (Å²) < 4.78 is 1.08. The maximum absolute atomic E-state index is 11.8. The number of thioether (sulfide) groups is 1. The molecule has 0 aliphatic carbocycles. The van der Waals surface area contributed by atoms with E-state index in [0.717, 1.165) is 36.2 Å². The van der Waals surface area contributed by atoms with Crippen LogP contribution in [0, 0.1) is 0 Å². The molecule has 1 heterocycles. The van der Waals surface area contributed by atoms with Crippen LogP contribution >= 0.6 is 40.1 Å². The lowest BCUT2D eigenvalue weighted by molar-refractivity contribution is -0.121. The van der Waals surface area contributed by atoms with Crippen LogP contribution in [0.25, 0.3) is 0 Å². The van der Waals surface area contributed by atoms with Crippen molar-refractivity contribution in [1.82, 2.24) is 10.6 Å². The number of halogens is 2. The molecule has 112 valence electrons. The van der Waals surface area contributed by atoms with Gasteiger partial charge in [0.15, 0.2) is 0 Å². The van der Waals surface area contributed by atoms with Crippen molar-refractivity contribution >= 4 is 46.0 Å². The van der Waals surface area contributed by atoms with Crippen LogP contribution in [-0.2, 0) is 4.79 Å². The summed E-state index contributed by atoms with van der Waals surface area (Å²) in [6, 6.07) is 8.50. The highest BCUT2D eigenvalue weighted by Gasteiger charge is 2.14. The molecule has 6 heteroatoms.